The lowest BCUT2D eigenvalue weighted by molar-refractivity contribution is 0.103. The third-order valence-corrected chi connectivity index (χ3v) is 3.74. The molecule has 120 valence electrons. The van der Waals surface area contributed by atoms with Gasteiger partial charge in [-0.2, -0.15) is 0 Å². The number of nitrogens with two attached hydrogens (primary N) is 1. The van der Waals surface area contributed by atoms with Gasteiger partial charge in [-0.05, 0) is 48.5 Å². The first kappa shape index (κ1) is 15.6. The quantitative estimate of drug-likeness (QED) is 0.545. The number of anilines is 3. The zero-order chi connectivity index (χ0) is 16.9. The molecule has 3 aromatic rings. The first-order valence-electron chi connectivity index (χ1n) is 7.58. The van der Waals surface area contributed by atoms with Crippen LogP contribution in [-0.4, -0.2) is 12.9 Å². The molecule has 0 bridgehead atoms. The smallest absolute Gasteiger partial charge is 0.196 e. The van der Waals surface area contributed by atoms with E-state index in [1.165, 1.54) is 0 Å². The second kappa shape index (κ2) is 6.87. The predicted molar refractivity (Wildman–Crippen MR) is 97.0 cm³/mol. The van der Waals surface area contributed by atoms with Gasteiger partial charge < -0.3 is 15.8 Å². The van der Waals surface area contributed by atoms with Crippen LogP contribution in [0.3, 0.4) is 0 Å². The van der Waals surface area contributed by atoms with Crippen molar-refractivity contribution in [2.24, 2.45) is 0 Å². The van der Waals surface area contributed by atoms with Crippen molar-refractivity contribution >= 4 is 22.8 Å². The summed E-state index contributed by atoms with van der Waals surface area (Å²) in [6, 6.07) is 22.0. The number of rotatable bonds is 5. The molecule has 0 fully saturated rings. The number of nitrogen functional groups attached to an aromatic ring is 1. The largest absolute Gasteiger partial charge is 0.496 e. The highest BCUT2D eigenvalue weighted by Gasteiger charge is 2.13. The molecule has 4 heteroatoms. The molecule has 0 saturated carbocycles. The zero-order valence-corrected chi connectivity index (χ0v) is 13.3. The van der Waals surface area contributed by atoms with Gasteiger partial charge >= 0.3 is 0 Å². The summed E-state index contributed by atoms with van der Waals surface area (Å²) in [6.45, 7) is 0. The number of nitrogens with one attached hydrogen (secondary N) is 1. The molecule has 24 heavy (non-hydrogen) atoms. The number of para-hydroxylation sites is 3. The summed E-state index contributed by atoms with van der Waals surface area (Å²) in [5, 5.41) is 3.24. The Morgan fingerprint density at radius 1 is 0.917 bits per heavy atom. The Labute approximate surface area is 140 Å². The first-order chi connectivity index (χ1) is 11.7. The molecule has 3 rings (SSSR count). The molecule has 0 aliphatic carbocycles. The highest BCUT2D eigenvalue weighted by atomic mass is 16.5. The summed E-state index contributed by atoms with van der Waals surface area (Å²) in [5.41, 5.74) is 9.45. The van der Waals surface area contributed by atoms with Gasteiger partial charge in [-0.3, -0.25) is 4.79 Å². The predicted octanol–water partition coefficient (Wildman–Crippen LogP) is 4.25. The molecular formula is C20H18N2O2. The second-order valence-electron chi connectivity index (χ2n) is 5.32. The molecule has 0 spiro atoms. The van der Waals surface area contributed by atoms with Crippen molar-refractivity contribution in [1.82, 2.24) is 0 Å². The average Bonchev–Trinajstić information content (AvgIpc) is 2.63. The average molecular weight is 318 g/mol. The van der Waals surface area contributed by atoms with Gasteiger partial charge in [0.1, 0.15) is 5.75 Å². The highest BCUT2D eigenvalue weighted by Crippen LogP contribution is 2.25. The Morgan fingerprint density at radius 3 is 2.29 bits per heavy atom. The monoisotopic (exact) mass is 318 g/mol. The minimum atomic E-state index is -0.0711. The number of ketones is 1. The van der Waals surface area contributed by atoms with Gasteiger partial charge in [-0.25, -0.2) is 0 Å². The number of carbonyl (C=O) groups is 1. The van der Waals surface area contributed by atoms with Gasteiger partial charge in [0, 0.05) is 11.3 Å². The summed E-state index contributed by atoms with van der Waals surface area (Å²) in [7, 11) is 1.56. The molecule has 0 radical (unpaired) electrons. The fraction of sp³-hybridized carbons (Fsp3) is 0.0500. The van der Waals surface area contributed by atoms with E-state index >= 15 is 0 Å². The summed E-state index contributed by atoms with van der Waals surface area (Å²) in [5.74, 6) is 0.500. The zero-order valence-electron chi connectivity index (χ0n) is 13.3. The van der Waals surface area contributed by atoms with E-state index < -0.39 is 0 Å². The van der Waals surface area contributed by atoms with Gasteiger partial charge in [0.2, 0.25) is 0 Å². The van der Waals surface area contributed by atoms with E-state index in [4.69, 9.17) is 10.5 Å². The van der Waals surface area contributed by atoms with Crippen LogP contribution in [-0.2, 0) is 0 Å². The molecule has 0 aromatic heterocycles. The van der Waals surface area contributed by atoms with Crippen molar-refractivity contribution in [3.05, 3.63) is 83.9 Å². The van der Waals surface area contributed by atoms with Gasteiger partial charge in [0.25, 0.3) is 0 Å². The van der Waals surface area contributed by atoms with Crippen molar-refractivity contribution < 1.29 is 9.53 Å². The Hall–Kier alpha value is -3.27. The molecule has 0 amide bonds. The molecule has 3 aromatic carbocycles. The van der Waals surface area contributed by atoms with E-state index in [9.17, 15) is 4.79 Å². The topological polar surface area (TPSA) is 64.3 Å². The Balaban J connectivity index is 1.82. The summed E-state index contributed by atoms with van der Waals surface area (Å²) >= 11 is 0. The van der Waals surface area contributed by atoms with Crippen LogP contribution in [0.1, 0.15) is 15.9 Å². The normalized spacial score (nSPS) is 10.2. The number of ether oxygens (including phenoxy) is 1. The van der Waals surface area contributed by atoms with Gasteiger partial charge in [0.05, 0.1) is 24.0 Å². The number of methoxy groups -OCH3 is 1. The summed E-state index contributed by atoms with van der Waals surface area (Å²) in [6.07, 6.45) is 0. The van der Waals surface area contributed by atoms with Crippen LogP contribution in [0.5, 0.6) is 5.75 Å². The van der Waals surface area contributed by atoms with E-state index in [0.29, 0.717) is 22.6 Å². The van der Waals surface area contributed by atoms with E-state index in [1.54, 1.807) is 31.4 Å². The van der Waals surface area contributed by atoms with Crippen LogP contribution in [0.15, 0.2) is 72.8 Å². The van der Waals surface area contributed by atoms with Gasteiger partial charge in [-0.1, -0.05) is 24.3 Å². The maximum atomic E-state index is 12.6. The molecule has 4 nitrogen and oxygen atoms in total. The third kappa shape index (κ3) is 3.22. The molecular weight excluding hydrogens is 300 g/mol. The van der Waals surface area contributed by atoms with Crippen molar-refractivity contribution in [3.63, 3.8) is 0 Å². The van der Waals surface area contributed by atoms with Crippen LogP contribution in [0, 0.1) is 0 Å². The maximum Gasteiger partial charge on any atom is 0.196 e. The van der Waals surface area contributed by atoms with Gasteiger partial charge in [0.15, 0.2) is 5.78 Å². The fourth-order valence-corrected chi connectivity index (χ4v) is 2.46. The van der Waals surface area contributed by atoms with Crippen molar-refractivity contribution in [1.29, 1.82) is 0 Å². The summed E-state index contributed by atoms with van der Waals surface area (Å²) < 4.78 is 5.26. The van der Waals surface area contributed by atoms with Crippen molar-refractivity contribution in [3.8, 4) is 5.75 Å². The summed E-state index contributed by atoms with van der Waals surface area (Å²) in [4.78, 5) is 12.6. The van der Waals surface area contributed by atoms with Crippen LogP contribution >= 0.6 is 0 Å². The number of hydrogen-bond acceptors (Lipinski definition) is 4. The van der Waals surface area contributed by atoms with E-state index in [1.807, 2.05) is 48.5 Å². The van der Waals surface area contributed by atoms with E-state index in [2.05, 4.69) is 5.32 Å². The number of hydrogen-bond donors (Lipinski definition) is 2. The lowest BCUT2D eigenvalue weighted by atomic mass is 10.0. The Morgan fingerprint density at radius 2 is 1.58 bits per heavy atom. The van der Waals surface area contributed by atoms with Gasteiger partial charge in [-0.15, -0.1) is 0 Å². The SMILES string of the molecule is COc1ccccc1C(=O)c1ccc(Nc2ccccc2N)cc1. The van der Waals surface area contributed by atoms with Crippen LogP contribution in [0.25, 0.3) is 0 Å². The van der Waals surface area contributed by atoms with E-state index in [0.717, 1.165) is 11.4 Å². The van der Waals surface area contributed by atoms with Crippen LogP contribution in [0.2, 0.25) is 0 Å². The minimum Gasteiger partial charge on any atom is -0.496 e. The molecule has 0 atom stereocenters. The standard InChI is InChI=1S/C20H18N2O2/c1-24-19-9-5-2-6-16(19)20(23)14-10-12-15(13-11-14)22-18-8-4-3-7-17(18)21/h2-13,22H,21H2,1H3. The third-order valence-electron chi connectivity index (χ3n) is 3.74. The molecule has 0 heterocycles. The number of carbonyl (C=O) groups excluding carboxylic acids is 1. The van der Waals surface area contributed by atoms with Crippen molar-refractivity contribution in [2.45, 2.75) is 0 Å². The lowest BCUT2D eigenvalue weighted by Crippen LogP contribution is -2.04. The molecule has 0 aliphatic heterocycles. The lowest BCUT2D eigenvalue weighted by Gasteiger charge is -2.10. The first-order valence-corrected chi connectivity index (χ1v) is 7.58. The molecule has 0 aliphatic rings. The number of benzene rings is 3. The van der Waals surface area contributed by atoms with Crippen LogP contribution in [0.4, 0.5) is 17.1 Å². The van der Waals surface area contributed by atoms with Crippen molar-refractivity contribution in [2.75, 3.05) is 18.2 Å². The Kier molecular flexibility index (Phi) is 4.47. The molecule has 0 unspecified atom stereocenters. The van der Waals surface area contributed by atoms with E-state index in [-0.39, 0.29) is 5.78 Å². The molecule has 0 saturated heterocycles. The fourth-order valence-electron chi connectivity index (χ4n) is 2.46. The Bertz CT molecular complexity index is 858. The molecule has 3 N–H and O–H groups in total. The van der Waals surface area contributed by atoms with Crippen LogP contribution < -0.4 is 15.8 Å². The maximum absolute atomic E-state index is 12.6. The highest BCUT2D eigenvalue weighted by molar-refractivity contribution is 6.10. The second-order valence-corrected chi connectivity index (χ2v) is 5.32. The minimum absolute atomic E-state index is 0.0711.